The SMILES string of the molecule is O=C(/C=C/c1ccccc1[N+](=O)[O-])Nc1ccc(S(=O)(=O)NC2=NCCCCC2)cc1. The highest BCUT2D eigenvalue weighted by Gasteiger charge is 2.17. The minimum absolute atomic E-state index is 0.0629. The molecule has 0 atom stereocenters. The molecule has 0 saturated carbocycles. The van der Waals surface area contributed by atoms with Gasteiger partial charge in [0.1, 0.15) is 5.84 Å². The Morgan fingerprint density at radius 3 is 2.55 bits per heavy atom. The van der Waals surface area contributed by atoms with Crippen LogP contribution in [0.5, 0.6) is 0 Å². The minimum atomic E-state index is -3.75. The Bertz CT molecular complexity index is 1120. The minimum Gasteiger partial charge on any atom is -0.323 e. The number of carbonyl (C=O) groups excluding carboxylic acids is 1. The van der Waals surface area contributed by atoms with E-state index in [2.05, 4.69) is 15.0 Å². The highest BCUT2D eigenvalue weighted by Crippen LogP contribution is 2.19. The van der Waals surface area contributed by atoms with Crippen LogP contribution in [0.3, 0.4) is 0 Å². The number of nitro benzene ring substituents is 1. The van der Waals surface area contributed by atoms with Gasteiger partial charge >= 0.3 is 0 Å². The highest BCUT2D eigenvalue weighted by molar-refractivity contribution is 7.90. The normalized spacial score (nSPS) is 14.5. The third-order valence-electron chi connectivity index (χ3n) is 4.61. The number of benzene rings is 2. The van der Waals surface area contributed by atoms with Crippen LogP contribution < -0.4 is 10.0 Å². The molecule has 0 bridgehead atoms. The summed E-state index contributed by atoms with van der Waals surface area (Å²) in [5, 5.41) is 13.6. The fraction of sp³-hybridized carbons (Fsp3) is 0.238. The highest BCUT2D eigenvalue weighted by atomic mass is 32.2. The number of aliphatic imine (C=N–C) groups is 1. The van der Waals surface area contributed by atoms with Crippen LogP contribution in [0.2, 0.25) is 0 Å². The van der Waals surface area contributed by atoms with E-state index in [4.69, 9.17) is 0 Å². The summed E-state index contributed by atoms with van der Waals surface area (Å²) < 4.78 is 27.6. The summed E-state index contributed by atoms with van der Waals surface area (Å²) in [6, 6.07) is 11.8. The van der Waals surface area contributed by atoms with E-state index in [1.807, 2.05) is 0 Å². The lowest BCUT2D eigenvalue weighted by atomic mass is 10.1. The Labute approximate surface area is 180 Å². The molecule has 0 unspecified atom stereocenters. The number of para-hydroxylation sites is 1. The van der Waals surface area contributed by atoms with E-state index >= 15 is 0 Å². The van der Waals surface area contributed by atoms with Gasteiger partial charge in [-0.2, -0.15) is 0 Å². The molecule has 1 amide bonds. The number of nitro groups is 1. The molecule has 1 aliphatic heterocycles. The average Bonchev–Trinajstić information content (AvgIpc) is 3.01. The Morgan fingerprint density at radius 2 is 1.81 bits per heavy atom. The maximum atomic E-state index is 12.5. The van der Waals surface area contributed by atoms with E-state index in [0.29, 0.717) is 30.1 Å². The standard InChI is InChI=1S/C21H22N4O5S/c26-21(14-9-16-6-3-4-7-19(16)25(27)28)23-17-10-12-18(13-11-17)31(29,30)24-20-8-2-1-5-15-22-20/h3-4,6-7,9-14H,1-2,5,8,15H2,(H,22,24)(H,23,26)/b14-9+. The van der Waals surface area contributed by atoms with Gasteiger partial charge in [0.25, 0.3) is 15.7 Å². The third-order valence-corrected chi connectivity index (χ3v) is 6.00. The van der Waals surface area contributed by atoms with Crippen molar-refractivity contribution >= 4 is 39.2 Å². The Balaban J connectivity index is 1.64. The average molecular weight is 442 g/mol. The summed E-state index contributed by atoms with van der Waals surface area (Å²) in [5.41, 5.74) is 0.589. The molecule has 1 heterocycles. The van der Waals surface area contributed by atoms with Crippen molar-refractivity contribution in [3.63, 3.8) is 0 Å². The van der Waals surface area contributed by atoms with Crippen molar-refractivity contribution in [3.8, 4) is 0 Å². The van der Waals surface area contributed by atoms with Crippen molar-refractivity contribution in [1.29, 1.82) is 0 Å². The molecule has 162 valence electrons. The smallest absolute Gasteiger partial charge is 0.276 e. The van der Waals surface area contributed by atoms with Crippen LogP contribution in [0, 0.1) is 10.1 Å². The quantitative estimate of drug-likeness (QED) is 0.402. The summed E-state index contributed by atoms with van der Waals surface area (Å²) >= 11 is 0. The summed E-state index contributed by atoms with van der Waals surface area (Å²) in [4.78, 5) is 27.0. The van der Waals surface area contributed by atoms with E-state index in [1.54, 1.807) is 12.1 Å². The van der Waals surface area contributed by atoms with Crippen molar-refractivity contribution in [2.75, 3.05) is 11.9 Å². The Hall–Kier alpha value is -3.53. The molecule has 10 heteroatoms. The van der Waals surface area contributed by atoms with Gasteiger partial charge in [-0.15, -0.1) is 0 Å². The van der Waals surface area contributed by atoms with Gasteiger partial charge in [0.2, 0.25) is 5.91 Å². The lowest BCUT2D eigenvalue weighted by Gasteiger charge is -2.10. The summed E-state index contributed by atoms with van der Waals surface area (Å²) in [5.74, 6) is -0.0327. The van der Waals surface area contributed by atoms with Crippen molar-refractivity contribution < 1.29 is 18.1 Å². The van der Waals surface area contributed by atoms with Crippen LogP contribution in [0.1, 0.15) is 31.2 Å². The molecular formula is C21H22N4O5S. The monoisotopic (exact) mass is 442 g/mol. The number of amides is 1. The molecular weight excluding hydrogens is 420 g/mol. The van der Waals surface area contributed by atoms with Gasteiger partial charge in [0, 0.05) is 30.8 Å². The molecule has 0 saturated heterocycles. The summed E-state index contributed by atoms with van der Waals surface area (Å²) in [7, 11) is -3.75. The van der Waals surface area contributed by atoms with E-state index < -0.39 is 20.9 Å². The molecule has 31 heavy (non-hydrogen) atoms. The first-order valence-electron chi connectivity index (χ1n) is 9.74. The van der Waals surface area contributed by atoms with Gasteiger partial charge in [-0.1, -0.05) is 18.6 Å². The molecule has 0 aliphatic carbocycles. The molecule has 0 fully saturated rings. The van der Waals surface area contributed by atoms with E-state index in [9.17, 15) is 23.3 Å². The largest absolute Gasteiger partial charge is 0.323 e. The van der Waals surface area contributed by atoms with Gasteiger partial charge < -0.3 is 5.32 Å². The maximum Gasteiger partial charge on any atom is 0.276 e. The zero-order chi connectivity index (χ0) is 22.3. The predicted octanol–water partition coefficient (Wildman–Crippen LogP) is 3.50. The van der Waals surface area contributed by atoms with Crippen LogP contribution in [0.4, 0.5) is 11.4 Å². The number of sulfonamides is 1. The number of carbonyl (C=O) groups is 1. The summed E-state index contributed by atoms with van der Waals surface area (Å²) in [6.45, 7) is 0.614. The third kappa shape index (κ3) is 6.22. The molecule has 1 aliphatic rings. The molecule has 3 rings (SSSR count). The number of amidine groups is 1. The number of nitrogens with zero attached hydrogens (tertiary/aromatic N) is 2. The first-order chi connectivity index (χ1) is 14.8. The summed E-state index contributed by atoms with van der Waals surface area (Å²) in [6.07, 6.45) is 5.99. The van der Waals surface area contributed by atoms with E-state index in [0.717, 1.165) is 19.3 Å². The van der Waals surface area contributed by atoms with Crippen LogP contribution in [-0.4, -0.2) is 31.6 Å². The van der Waals surface area contributed by atoms with Crippen LogP contribution in [-0.2, 0) is 14.8 Å². The van der Waals surface area contributed by atoms with E-state index in [1.165, 1.54) is 48.6 Å². The molecule has 9 nitrogen and oxygen atoms in total. The van der Waals surface area contributed by atoms with Crippen LogP contribution in [0.15, 0.2) is 64.5 Å². The molecule has 0 radical (unpaired) electrons. The number of anilines is 1. The van der Waals surface area contributed by atoms with Crippen molar-refractivity contribution in [2.45, 2.75) is 30.6 Å². The first-order valence-corrected chi connectivity index (χ1v) is 11.2. The Morgan fingerprint density at radius 1 is 1.06 bits per heavy atom. The number of rotatable bonds is 6. The van der Waals surface area contributed by atoms with Gasteiger partial charge in [-0.05, 0) is 49.2 Å². The topological polar surface area (TPSA) is 131 Å². The van der Waals surface area contributed by atoms with Crippen molar-refractivity contribution in [3.05, 3.63) is 70.3 Å². The second-order valence-electron chi connectivity index (χ2n) is 6.91. The van der Waals surface area contributed by atoms with Crippen LogP contribution in [0.25, 0.3) is 6.08 Å². The number of hydrogen-bond donors (Lipinski definition) is 2. The van der Waals surface area contributed by atoms with Gasteiger partial charge in [0.05, 0.1) is 15.4 Å². The molecule has 0 spiro atoms. The fourth-order valence-electron chi connectivity index (χ4n) is 3.03. The second kappa shape index (κ2) is 9.98. The molecule has 2 aromatic carbocycles. The molecule has 2 aromatic rings. The van der Waals surface area contributed by atoms with Crippen LogP contribution >= 0.6 is 0 Å². The van der Waals surface area contributed by atoms with Gasteiger partial charge in [-0.25, -0.2) is 8.42 Å². The fourth-order valence-corrected chi connectivity index (χ4v) is 4.12. The molecule has 2 N–H and O–H groups in total. The van der Waals surface area contributed by atoms with Gasteiger partial charge in [0.15, 0.2) is 0 Å². The number of hydrogen-bond acceptors (Lipinski definition) is 6. The van der Waals surface area contributed by atoms with E-state index in [-0.39, 0.29) is 10.6 Å². The number of nitrogens with one attached hydrogen (secondary N) is 2. The van der Waals surface area contributed by atoms with Crippen molar-refractivity contribution in [2.24, 2.45) is 4.99 Å². The predicted molar refractivity (Wildman–Crippen MR) is 118 cm³/mol. The zero-order valence-electron chi connectivity index (χ0n) is 16.7. The zero-order valence-corrected chi connectivity index (χ0v) is 17.5. The Kier molecular flexibility index (Phi) is 7.14. The lowest BCUT2D eigenvalue weighted by Crippen LogP contribution is -2.30. The first kappa shape index (κ1) is 22.2. The van der Waals surface area contributed by atoms with Gasteiger partial charge in [-0.3, -0.25) is 24.6 Å². The lowest BCUT2D eigenvalue weighted by molar-refractivity contribution is -0.385. The van der Waals surface area contributed by atoms with Crippen molar-refractivity contribution in [1.82, 2.24) is 4.72 Å². The second-order valence-corrected chi connectivity index (χ2v) is 8.59. The molecule has 0 aromatic heterocycles. The maximum absolute atomic E-state index is 12.5.